The van der Waals surface area contributed by atoms with E-state index >= 15 is 0 Å². The van der Waals surface area contributed by atoms with Gasteiger partial charge in [0.15, 0.2) is 0 Å². The smallest absolute Gasteiger partial charge is 0.322 e. The van der Waals surface area contributed by atoms with Gasteiger partial charge in [-0.1, -0.05) is 6.92 Å². The minimum atomic E-state index is -1.02. The number of aliphatic hydroxyl groups is 1. The third-order valence-corrected chi connectivity index (χ3v) is 2.01. The average molecular weight is 215 g/mol. The molecule has 3 N–H and O–H groups in total. The molecule has 0 fully saturated rings. The van der Waals surface area contributed by atoms with E-state index in [-0.39, 0.29) is 18.3 Å². The van der Waals surface area contributed by atoms with E-state index < -0.39 is 5.97 Å². The van der Waals surface area contributed by atoms with Crippen LogP contribution in [0.3, 0.4) is 0 Å². The molecule has 0 aromatic heterocycles. The molecule has 15 heavy (non-hydrogen) atoms. The number of carboxylic acid groups (broad SMARTS) is 1. The Bertz CT molecular complexity index is 246. The quantitative estimate of drug-likeness (QED) is 0.507. The van der Waals surface area contributed by atoms with E-state index in [0.717, 1.165) is 0 Å². The van der Waals surface area contributed by atoms with E-state index in [4.69, 9.17) is 5.11 Å². The van der Waals surface area contributed by atoms with Crippen molar-refractivity contribution >= 4 is 11.9 Å². The van der Waals surface area contributed by atoms with Gasteiger partial charge >= 0.3 is 5.97 Å². The van der Waals surface area contributed by atoms with Crippen molar-refractivity contribution in [3.05, 3.63) is 5.70 Å². The van der Waals surface area contributed by atoms with Gasteiger partial charge in [0.1, 0.15) is 12.5 Å². The molecule has 1 atom stereocenters. The van der Waals surface area contributed by atoms with Crippen molar-refractivity contribution in [2.75, 3.05) is 6.54 Å². The number of aliphatic hydroxyl groups excluding tert-OH is 1. The van der Waals surface area contributed by atoms with Crippen molar-refractivity contribution < 1.29 is 19.8 Å². The number of carbonyl (C=O) groups is 1. The van der Waals surface area contributed by atoms with E-state index in [0.29, 0.717) is 25.7 Å². The SMILES string of the molecule is CCC(O)CCCC(=C=O)NCC(=O)O. The van der Waals surface area contributed by atoms with Crippen LogP contribution in [-0.2, 0) is 9.59 Å². The van der Waals surface area contributed by atoms with Crippen LogP contribution in [0.25, 0.3) is 0 Å². The highest BCUT2D eigenvalue weighted by atomic mass is 16.4. The van der Waals surface area contributed by atoms with Gasteiger partial charge in [0, 0.05) is 0 Å². The van der Waals surface area contributed by atoms with Gasteiger partial charge in [0.2, 0.25) is 0 Å². The van der Waals surface area contributed by atoms with Gasteiger partial charge in [-0.15, -0.1) is 0 Å². The normalized spacial score (nSPS) is 11.6. The summed E-state index contributed by atoms with van der Waals surface area (Å²) in [6, 6.07) is 0. The molecule has 0 amide bonds. The maximum atomic E-state index is 10.4. The fourth-order valence-electron chi connectivity index (χ4n) is 1.08. The van der Waals surface area contributed by atoms with Gasteiger partial charge in [-0.3, -0.25) is 4.79 Å². The number of aliphatic carboxylic acids is 1. The van der Waals surface area contributed by atoms with E-state index in [9.17, 15) is 14.7 Å². The molecule has 0 aromatic carbocycles. The summed E-state index contributed by atoms with van der Waals surface area (Å²) >= 11 is 0. The molecule has 0 saturated heterocycles. The number of carboxylic acids is 1. The molecule has 0 aliphatic rings. The second-order valence-electron chi connectivity index (χ2n) is 3.28. The van der Waals surface area contributed by atoms with Gasteiger partial charge in [-0.2, -0.15) is 0 Å². The maximum Gasteiger partial charge on any atom is 0.322 e. The standard InChI is InChI=1S/C10H17NO4/c1-2-9(13)5-3-4-8(7-12)11-6-10(14)15/h9,11,13H,2-6H2,1H3,(H,14,15). The van der Waals surface area contributed by atoms with E-state index in [1.54, 1.807) is 5.94 Å². The monoisotopic (exact) mass is 215 g/mol. The van der Waals surface area contributed by atoms with Crippen LogP contribution >= 0.6 is 0 Å². The zero-order valence-corrected chi connectivity index (χ0v) is 8.82. The topological polar surface area (TPSA) is 86.6 Å². The van der Waals surface area contributed by atoms with Gasteiger partial charge < -0.3 is 15.5 Å². The fraction of sp³-hybridized carbons (Fsp3) is 0.700. The minimum absolute atomic E-state index is 0.251. The van der Waals surface area contributed by atoms with Crippen LogP contribution in [0.4, 0.5) is 0 Å². The van der Waals surface area contributed by atoms with Gasteiger partial charge in [-0.25, -0.2) is 4.79 Å². The second-order valence-corrected chi connectivity index (χ2v) is 3.28. The molecule has 0 aliphatic carbocycles. The third kappa shape index (κ3) is 7.73. The van der Waals surface area contributed by atoms with E-state index in [1.165, 1.54) is 0 Å². The highest BCUT2D eigenvalue weighted by Crippen LogP contribution is 2.06. The predicted octanol–water partition coefficient (Wildman–Crippen LogP) is 0.317. The predicted molar refractivity (Wildman–Crippen MR) is 55.0 cm³/mol. The Kier molecular flexibility index (Phi) is 7.32. The molecule has 0 spiro atoms. The van der Waals surface area contributed by atoms with E-state index in [1.807, 2.05) is 6.92 Å². The number of hydrogen-bond donors (Lipinski definition) is 3. The lowest BCUT2D eigenvalue weighted by atomic mass is 10.1. The summed E-state index contributed by atoms with van der Waals surface area (Å²) in [7, 11) is 0. The lowest BCUT2D eigenvalue weighted by Crippen LogP contribution is -2.22. The largest absolute Gasteiger partial charge is 0.480 e. The Morgan fingerprint density at radius 2 is 2.20 bits per heavy atom. The third-order valence-electron chi connectivity index (χ3n) is 2.01. The Morgan fingerprint density at radius 3 is 2.67 bits per heavy atom. The van der Waals surface area contributed by atoms with Crippen molar-refractivity contribution in [3.63, 3.8) is 0 Å². The van der Waals surface area contributed by atoms with Gasteiger partial charge in [0.05, 0.1) is 11.8 Å². The van der Waals surface area contributed by atoms with Crippen LogP contribution in [0.1, 0.15) is 32.6 Å². The molecule has 0 saturated carbocycles. The Labute approximate surface area is 88.8 Å². The number of carbonyl (C=O) groups excluding carboxylic acids is 1. The zero-order valence-electron chi connectivity index (χ0n) is 8.82. The average Bonchev–Trinajstić information content (AvgIpc) is 2.22. The molecule has 0 aliphatic heterocycles. The Hall–Kier alpha value is -1.32. The van der Waals surface area contributed by atoms with Crippen molar-refractivity contribution in [1.82, 2.24) is 5.32 Å². The van der Waals surface area contributed by atoms with Gasteiger partial charge in [-0.05, 0) is 25.7 Å². The lowest BCUT2D eigenvalue weighted by molar-refractivity contribution is -0.135. The van der Waals surface area contributed by atoms with Gasteiger partial charge in [0.25, 0.3) is 0 Å². The summed E-state index contributed by atoms with van der Waals surface area (Å²) in [6.07, 6.45) is 2.01. The fourth-order valence-corrected chi connectivity index (χ4v) is 1.08. The lowest BCUT2D eigenvalue weighted by Gasteiger charge is -2.08. The molecule has 86 valence electrons. The molecule has 0 aromatic rings. The number of rotatable bonds is 8. The minimum Gasteiger partial charge on any atom is -0.480 e. The van der Waals surface area contributed by atoms with Crippen molar-refractivity contribution in [3.8, 4) is 0 Å². The van der Waals surface area contributed by atoms with E-state index in [2.05, 4.69) is 5.32 Å². The molecule has 5 heteroatoms. The molecule has 5 nitrogen and oxygen atoms in total. The Morgan fingerprint density at radius 1 is 1.53 bits per heavy atom. The maximum absolute atomic E-state index is 10.4. The van der Waals surface area contributed by atoms with Crippen molar-refractivity contribution in [2.45, 2.75) is 38.7 Å². The first-order valence-electron chi connectivity index (χ1n) is 4.97. The number of nitrogens with one attached hydrogen (secondary N) is 1. The highest BCUT2D eigenvalue weighted by molar-refractivity contribution is 5.70. The number of allylic oxidation sites excluding steroid dienone is 1. The first-order chi connectivity index (χ1) is 7.10. The summed E-state index contributed by atoms with van der Waals surface area (Å²) in [5, 5.41) is 20.1. The highest BCUT2D eigenvalue weighted by Gasteiger charge is 2.04. The van der Waals surface area contributed by atoms with Crippen LogP contribution in [0.15, 0.2) is 5.70 Å². The molecule has 0 bridgehead atoms. The molecule has 0 radical (unpaired) electrons. The Balaban J connectivity index is 3.72. The summed E-state index contributed by atoms with van der Waals surface area (Å²) in [5.74, 6) is 0.642. The van der Waals surface area contributed by atoms with Crippen LogP contribution < -0.4 is 5.32 Å². The number of hydrogen-bond acceptors (Lipinski definition) is 4. The molecule has 0 heterocycles. The first kappa shape index (κ1) is 13.7. The molecule has 1 unspecified atom stereocenters. The summed E-state index contributed by atoms with van der Waals surface area (Å²) in [5.41, 5.74) is 0.251. The second kappa shape index (κ2) is 8.03. The molecule has 0 rings (SSSR count). The van der Waals surface area contributed by atoms with Crippen molar-refractivity contribution in [1.29, 1.82) is 0 Å². The van der Waals surface area contributed by atoms with Crippen LogP contribution in [-0.4, -0.2) is 34.8 Å². The molecular weight excluding hydrogens is 198 g/mol. The summed E-state index contributed by atoms with van der Waals surface area (Å²) < 4.78 is 0. The van der Waals surface area contributed by atoms with Crippen molar-refractivity contribution in [2.24, 2.45) is 0 Å². The first-order valence-corrected chi connectivity index (χ1v) is 4.97. The van der Waals surface area contributed by atoms with Crippen LogP contribution in [0.2, 0.25) is 0 Å². The van der Waals surface area contributed by atoms with Crippen LogP contribution in [0.5, 0.6) is 0 Å². The zero-order chi connectivity index (χ0) is 11.7. The van der Waals surface area contributed by atoms with Crippen LogP contribution in [0, 0.1) is 0 Å². The molecular formula is C10H17NO4. The summed E-state index contributed by atoms with van der Waals surface area (Å²) in [6.45, 7) is 1.60. The summed E-state index contributed by atoms with van der Waals surface area (Å²) in [4.78, 5) is 20.6.